The minimum atomic E-state index is 0.0348. The van der Waals surface area contributed by atoms with Gasteiger partial charge in [0.1, 0.15) is 11.9 Å². The highest BCUT2D eigenvalue weighted by Gasteiger charge is 2.28. The van der Waals surface area contributed by atoms with Crippen LogP contribution in [0.1, 0.15) is 60.8 Å². The summed E-state index contributed by atoms with van der Waals surface area (Å²) in [7, 11) is 2.15. The number of nitrogens with two attached hydrogens (primary N) is 1. The third-order valence-corrected chi connectivity index (χ3v) is 5.98. The first-order valence-electron chi connectivity index (χ1n) is 9.76. The summed E-state index contributed by atoms with van der Waals surface area (Å²) >= 11 is 0. The summed E-state index contributed by atoms with van der Waals surface area (Å²) in [5.41, 5.74) is 9.55. The zero-order valence-corrected chi connectivity index (χ0v) is 15.6. The Morgan fingerprint density at radius 2 is 1.89 bits per heavy atom. The quantitative estimate of drug-likeness (QED) is 0.772. The van der Waals surface area contributed by atoms with Crippen molar-refractivity contribution in [3.63, 3.8) is 0 Å². The molecule has 6 nitrogen and oxygen atoms in total. The van der Waals surface area contributed by atoms with Crippen LogP contribution in [0.2, 0.25) is 0 Å². The molecule has 0 saturated carbocycles. The number of likely N-dealkylation sites (tertiary alicyclic amines) is 1. The van der Waals surface area contributed by atoms with Crippen molar-refractivity contribution in [2.75, 3.05) is 13.6 Å². The molecule has 140 valence electrons. The van der Waals surface area contributed by atoms with E-state index in [1.54, 1.807) is 0 Å². The molecule has 1 aliphatic carbocycles. The molecule has 27 heavy (non-hydrogen) atoms. The molecular weight excluding hydrogens is 338 g/mol. The molecule has 1 aromatic carbocycles. The number of pyridine rings is 1. The average Bonchev–Trinajstić information content (AvgIpc) is 3.29. The Balaban J connectivity index is 1.47. The maximum atomic E-state index is 6.41. The fourth-order valence-electron chi connectivity index (χ4n) is 4.49. The van der Waals surface area contributed by atoms with Gasteiger partial charge in [-0.3, -0.25) is 9.30 Å². The van der Waals surface area contributed by atoms with E-state index in [2.05, 4.69) is 50.8 Å². The van der Waals surface area contributed by atoms with Crippen LogP contribution in [0.5, 0.6) is 5.75 Å². The molecule has 1 aliphatic heterocycles. The number of benzene rings is 1. The maximum absolute atomic E-state index is 6.41. The zero-order chi connectivity index (χ0) is 18.4. The second kappa shape index (κ2) is 6.62. The van der Waals surface area contributed by atoms with Crippen molar-refractivity contribution in [3.05, 3.63) is 59.5 Å². The zero-order valence-electron chi connectivity index (χ0n) is 15.6. The Morgan fingerprint density at radius 1 is 1.04 bits per heavy atom. The van der Waals surface area contributed by atoms with Gasteiger partial charge in [-0.15, -0.1) is 10.2 Å². The third kappa shape index (κ3) is 2.89. The summed E-state index contributed by atoms with van der Waals surface area (Å²) < 4.78 is 8.49. The van der Waals surface area contributed by atoms with Crippen molar-refractivity contribution in [2.24, 2.45) is 5.73 Å². The summed E-state index contributed by atoms with van der Waals surface area (Å²) in [6.45, 7) is 1.11. The lowest BCUT2D eigenvalue weighted by Crippen LogP contribution is -2.23. The molecule has 3 heterocycles. The Kier molecular flexibility index (Phi) is 4.10. The number of ether oxygens (including phenoxy) is 1. The van der Waals surface area contributed by atoms with Gasteiger partial charge in [-0.05, 0) is 62.5 Å². The summed E-state index contributed by atoms with van der Waals surface area (Å²) in [6, 6.07) is 12.8. The van der Waals surface area contributed by atoms with E-state index in [-0.39, 0.29) is 12.1 Å². The highest BCUT2D eigenvalue weighted by molar-refractivity contribution is 5.42. The molecule has 0 radical (unpaired) electrons. The number of hydrogen-bond acceptors (Lipinski definition) is 5. The first-order valence-corrected chi connectivity index (χ1v) is 9.76. The molecule has 0 spiro atoms. The highest BCUT2D eigenvalue weighted by atomic mass is 16.5. The molecule has 5 rings (SSSR count). The number of hydrogen-bond donors (Lipinski definition) is 1. The van der Waals surface area contributed by atoms with Gasteiger partial charge in [-0.25, -0.2) is 0 Å². The van der Waals surface area contributed by atoms with E-state index in [9.17, 15) is 0 Å². The molecule has 3 atom stereocenters. The van der Waals surface area contributed by atoms with Crippen LogP contribution in [-0.4, -0.2) is 33.1 Å². The highest BCUT2D eigenvalue weighted by Crippen LogP contribution is 2.38. The van der Waals surface area contributed by atoms with Gasteiger partial charge in [0.25, 0.3) is 0 Å². The Morgan fingerprint density at radius 3 is 2.70 bits per heavy atom. The predicted molar refractivity (Wildman–Crippen MR) is 104 cm³/mol. The van der Waals surface area contributed by atoms with Gasteiger partial charge in [0.15, 0.2) is 11.5 Å². The van der Waals surface area contributed by atoms with Crippen LogP contribution in [0.4, 0.5) is 0 Å². The van der Waals surface area contributed by atoms with E-state index < -0.39 is 0 Å². The second-order valence-electron chi connectivity index (χ2n) is 7.71. The van der Waals surface area contributed by atoms with Crippen molar-refractivity contribution in [2.45, 2.75) is 43.9 Å². The van der Waals surface area contributed by atoms with Gasteiger partial charge in [-0.1, -0.05) is 24.3 Å². The lowest BCUT2D eigenvalue weighted by Gasteiger charge is -2.30. The van der Waals surface area contributed by atoms with Gasteiger partial charge >= 0.3 is 0 Å². The van der Waals surface area contributed by atoms with Crippen molar-refractivity contribution in [3.8, 4) is 5.75 Å². The van der Waals surface area contributed by atoms with Gasteiger partial charge in [0.05, 0.1) is 12.2 Å². The Bertz CT molecular complexity index is 968. The van der Waals surface area contributed by atoms with Gasteiger partial charge < -0.3 is 10.5 Å². The van der Waals surface area contributed by atoms with Crippen molar-refractivity contribution >= 4 is 5.65 Å². The lowest BCUT2D eigenvalue weighted by atomic mass is 9.86. The van der Waals surface area contributed by atoms with Crippen molar-refractivity contribution < 1.29 is 4.74 Å². The largest absolute Gasteiger partial charge is 0.484 e. The number of aromatic nitrogens is 3. The molecular formula is C21H25N5O. The summed E-state index contributed by atoms with van der Waals surface area (Å²) in [5, 5.41) is 8.81. The molecule has 0 amide bonds. The van der Waals surface area contributed by atoms with Crippen LogP contribution in [0, 0.1) is 0 Å². The van der Waals surface area contributed by atoms with E-state index in [1.807, 2.05) is 18.3 Å². The Hall–Kier alpha value is -2.44. The third-order valence-electron chi connectivity index (χ3n) is 5.98. The maximum Gasteiger partial charge on any atom is 0.161 e. The fraction of sp³-hybridized carbons (Fsp3) is 0.429. The summed E-state index contributed by atoms with van der Waals surface area (Å²) in [5.74, 6) is 1.85. The van der Waals surface area contributed by atoms with Crippen LogP contribution < -0.4 is 10.5 Å². The van der Waals surface area contributed by atoms with E-state index >= 15 is 0 Å². The number of rotatable bonds is 3. The van der Waals surface area contributed by atoms with Gasteiger partial charge in [0.2, 0.25) is 0 Å². The average molecular weight is 363 g/mol. The molecule has 1 fully saturated rings. The lowest BCUT2D eigenvalue weighted by molar-refractivity contribution is 0.176. The number of fused-ring (bicyclic) bond motifs is 2. The molecule has 2 aliphatic rings. The summed E-state index contributed by atoms with van der Waals surface area (Å²) in [4.78, 5) is 2.35. The van der Waals surface area contributed by atoms with Crippen LogP contribution in [0.3, 0.4) is 0 Å². The molecule has 0 bridgehead atoms. The first kappa shape index (κ1) is 16.7. The monoisotopic (exact) mass is 363 g/mol. The predicted octanol–water partition coefficient (Wildman–Crippen LogP) is 3.41. The smallest absolute Gasteiger partial charge is 0.161 e. The molecule has 6 heteroatoms. The van der Waals surface area contributed by atoms with E-state index in [4.69, 9.17) is 10.5 Å². The fourth-order valence-corrected chi connectivity index (χ4v) is 4.49. The van der Waals surface area contributed by atoms with Crippen LogP contribution in [0.15, 0.2) is 42.6 Å². The molecule has 2 aromatic heterocycles. The molecule has 1 unspecified atom stereocenters. The van der Waals surface area contributed by atoms with Crippen LogP contribution in [0.25, 0.3) is 5.65 Å². The first-order chi connectivity index (χ1) is 13.2. The van der Waals surface area contributed by atoms with Crippen LogP contribution >= 0.6 is 0 Å². The SMILES string of the molecule is CN1CCCC1c1nnc2ccc(O[C@H]3CC[C@H](N)c4ccccc43)cn12. The van der Waals surface area contributed by atoms with Crippen LogP contribution in [-0.2, 0) is 0 Å². The molecule has 2 N–H and O–H groups in total. The van der Waals surface area contributed by atoms with E-state index in [1.165, 1.54) is 17.5 Å². The molecule has 3 aromatic rings. The van der Waals surface area contributed by atoms with Crippen molar-refractivity contribution in [1.29, 1.82) is 0 Å². The summed E-state index contributed by atoms with van der Waals surface area (Å²) in [6.07, 6.45) is 6.26. The standard InChI is InChI=1S/C21H25N5O/c1-25-12-4-7-18(25)21-24-23-20-11-8-14(13-26(20)21)27-19-10-9-17(22)15-5-2-3-6-16(15)19/h2-3,5-6,8,11,13,17-19H,4,7,9-10,12,22H2,1H3/t17-,18?,19-/m0/s1. The minimum absolute atomic E-state index is 0.0348. The van der Waals surface area contributed by atoms with E-state index in [0.29, 0.717) is 6.04 Å². The number of nitrogens with zero attached hydrogens (tertiary/aromatic N) is 4. The topological polar surface area (TPSA) is 68.7 Å². The van der Waals surface area contributed by atoms with Crippen molar-refractivity contribution in [1.82, 2.24) is 19.5 Å². The normalized spacial score (nSPS) is 25.6. The second-order valence-corrected chi connectivity index (χ2v) is 7.71. The van der Waals surface area contributed by atoms with Gasteiger partial charge in [-0.2, -0.15) is 0 Å². The minimum Gasteiger partial charge on any atom is -0.484 e. The Labute approximate surface area is 159 Å². The van der Waals surface area contributed by atoms with Gasteiger partial charge in [0, 0.05) is 6.04 Å². The van der Waals surface area contributed by atoms with E-state index in [0.717, 1.165) is 43.0 Å². The molecule has 1 saturated heterocycles.